The van der Waals surface area contributed by atoms with Crippen molar-refractivity contribution in [2.45, 2.75) is 13.1 Å². The van der Waals surface area contributed by atoms with E-state index in [0.29, 0.717) is 13.1 Å². The molecular formula is C17H19N5O. The number of rotatable bonds is 2. The molecule has 2 aliphatic rings. The van der Waals surface area contributed by atoms with E-state index in [2.05, 4.69) is 26.3 Å². The fourth-order valence-corrected chi connectivity index (χ4v) is 3.17. The van der Waals surface area contributed by atoms with Crippen molar-refractivity contribution in [3.8, 4) is 0 Å². The van der Waals surface area contributed by atoms with Gasteiger partial charge in [-0.05, 0) is 29.3 Å². The first-order chi connectivity index (χ1) is 11.3. The highest BCUT2D eigenvalue weighted by Crippen LogP contribution is 2.19. The number of anilines is 1. The molecule has 0 aliphatic carbocycles. The topological polar surface area (TPSA) is 61.4 Å². The predicted molar refractivity (Wildman–Crippen MR) is 87.1 cm³/mol. The third-order valence-electron chi connectivity index (χ3n) is 4.49. The zero-order valence-corrected chi connectivity index (χ0v) is 12.9. The molecule has 23 heavy (non-hydrogen) atoms. The number of carbonyl (C=O) groups is 1. The Morgan fingerprint density at radius 1 is 1.00 bits per heavy atom. The van der Waals surface area contributed by atoms with Crippen LogP contribution in [0.3, 0.4) is 0 Å². The molecular weight excluding hydrogens is 290 g/mol. The van der Waals surface area contributed by atoms with E-state index in [1.165, 1.54) is 11.1 Å². The Hall–Kier alpha value is -2.47. The first-order valence-electron chi connectivity index (χ1n) is 7.95. The Morgan fingerprint density at radius 2 is 1.74 bits per heavy atom. The van der Waals surface area contributed by atoms with Gasteiger partial charge in [0.1, 0.15) is 0 Å². The van der Waals surface area contributed by atoms with Crippen molar-refractivity contribution in [3.63, 3.8) is 0 Å². The van der Waals surface area contributed by atoms with Crippen molar-refractivity contribution in [1.29, 1.82) is 0 Å². The van der Waals surface area contributed by atoms with Crippen LogP contribution in [0.15, 0.2) is 36.7 Å². The number of nitrogens with one attached hydrogen (secondary N) is 1. The molecule has 2 aliphatic heterocycles. The molecule has 1 amide bonds. The Bertz CT molecular complexity index is 710. The standard InChI is InChI=1S/C17H19N5O/c23-16(13-2-3-14-11-18-12-15(14)10-13)21-6-8-22(9-7-21)17-19-4-1-5-20-17/h1-5,10,18H,6-9,11-12H2. The summed E-state index contributed by atoms with van der Waals surface area (Å²) >= 11 is 0. The van der Waals surface area contributed by atoms with Gasteiger partial charge in [0.2, 0.25) is 5.95 Å². The van der Waals surface area contributed by atoms with Crippen molar-refractivity contribution < 1.29 is 4.79 Å². The summed E-state index contributed by atoms with van der Waals surface area (Å²) in [6.45, 7) is 4.69. The first-order valence-corrected chi connectivity index (χ1v) is 7.95. The van der Waals surface area contributed by atoms with Gasteiger partial charge < -0.3 is 15.1 Å². The molecule has 1 aromatic carbocycles. The van der Waals surface area contributed by atoms with Crippen LogP contribution in [-0.2, 0) is 13.1 Å². The average Bonchev–Trinajstić information content (AvgIpc) is 3.10. The van der Waals surface area contributed by atoms with Crippen LogP contribution < -0.4 is 10.2 Å². The predicted octanol–water partition coefficient (Wildman–Crippen LogP) is 1.04. The van der Waals surface area contributed by atoms with Crippen LogP contribution in [0.5, 0.6) is 0 Å². The molecule has 6 nitrogen and oxygen atoms in total. The van der Waals surface area contributed by atoms with E-state index in [1.807, 2.05) is 23.1 Å². The fraction of sp³-hybridized carbons (Fsp3) is 0.353. The minimum Gasteiger partial charge on any atom is -0.337 e. The van der Waals surface area contributed by atoms with Gasteiger partial charge in [0, 0.05) is 57.2 Å². The second-order valence-corrected chi connectivity index (χ2v) is 5.92. The largest absolute Gasteiger partial charge is 0.337 e. The summed E-state index contributed by atoms with van der Waals surface area (Å²) in [6.07, 6.45) is 3.50. The molecule has 3 heterocycles. The summed E-state index contributed by atoms with van der Waals surface area (Å²) in [5.41, 5.74) is 3.33. The Balaban J connectivity index is 1.43. The molecule has 0 radical (unpaired) electrons. The number of benzene rings is 1. The SMILES string of the molecule is O=C(c1ccc2c(c1)CNC2)N1CCN(c2ncccn2)CC1. The highest BCUT2D eigenvalue weighted by molar-refractivity contribution is 5.94. The summed E-state index contributed by atoms with van der Waals surface area (Å²) < 4.78 is 0. The van der Waals surface area contributed by atoms with E-state index < -0.39 is 0 Å². The minimum atomic E-state index is 0.119. The fourth-order valence-electron chi connectivity index (χ4n) is 3.17. The summed E-state index contributed by atoms with van der Waals surface area (Å²) in [7, 11) is 0. The van der Waals surface area contributed by atoms with Gasteiger partial charge in [0.05, 0.1) is 0 Å². The van der Waals surface area contributed by atoms with E-state index in [4.69, 9.17) is 0 Å². The molecule has 118 valence electrons. The first kappa shape index (κ1) is 14.1. The Morgan fingerprint density at radius 3 is 2.52 bits per heavy atom. The number of carbonyl (C=O) groups excluding carboxylic acids is 1. The molecule has 0 saturated carbocycles. The second kappa shape index (κ2) is 5.96. The second-order valence-electron chi connectivity index (χ2n) is 5.92. The quantitative estimate of drug-likeness (QED) is 0.898. The number of hydrogen-bond acceptors (Lipinski definition) is 5. The number of fused-ring (bicyclic) bond motifs is 1. The van der Waals surface area contributed by atoms with E-state index in [9.17, 15) is 4.79 Å². The molecule has 4 rings (SSSR count). The Kier molecular flexibility index (Phi) is 3.67. The molecule has 1 fully saturated rings. The van der Waals surface area contributed by atoms with Crippen LogP contribution >= 0.6 is 0 Å². The lowest BCUT2D eigenvalue weighted by molar-refractivity contribution is 0.0746. The third kappa shape index (κ3) is 2.77. The lowest BCUT2D eigenvalue weighted by Crippen LogP contribution is -2.49. The molecule has 0 spiro atoms. The van der Waals surface area contributed by atoms with Gasteiger partial charge in [-0.25, -0.2) is 9.97 Å². The maximum absolute atomic E-state index is 12.7. The summed E-state index contributed by atoms with van der Waals surface area (Å²) in [5, 5.41) is 3.31. The zero-order valence-electron chi connectivity index (χ0n) is 12.9. The van der Waals surface area contributed by atoms with Gasteiger partial charge in [0.15, 0.2) is 0 Å². The number of amides is 1. The van der Waals surface area contributed by atoms with Crippen LogP contribution in [0.1, 0.15) is 21.5 Å². The van der Waals surface area contributed by atoms with Crippen LogP contribution in [0.2, 0.25) is 0 Å². The molecule has 1 aromatic heterocycles. The number of nitrogens with zero attached hydrogens (tertiary/aromatic N) is 4. The maximum atomic E-state index is 12.7. The van der Waals surface area contributed by atoms with Crippen LogP contribution in [-0.4, -0.2) is 47.0 Å². The van der Waals surface area contributed by atoms with Gasteiger partial charge in [0.25, 0.3) is 5.91 Å². The lowest BCUT2D eigenvalue weighted by atomic mass is 10.1. The van der Waals surface area contributed by atoms with E-state index in [1.54, 1.807) is 12.4 Å². The van der Waals surface area contributed by atoms with Crippen molar-refractivity contribution in [2.24, 2.45) is 0 Å². The maximum Gasteiger partial charge on any atom is 0.253 e. The van der Waals surface area contributed by atoms with E-state index in [-0.39, 0.29) is 5.91 Å². The van der Waals surface area contributed by atoms with Crippen LogP contribution in [0, 0.1) is 0 Å². The zero-order chi connectivity index (χ0) is 15.6. The highest BCUT2D eigenvalue weighted by Gasteiger charge is 2.24. The monoisotopic (exact) mass is 309 g/mol. The Labute approximate surface area is 135 Å². The van der Waals surface area contributed by atoms with Crippen LogP contribution in [0.25, 0.3) is 0 Å². The average molecular weight is 309 g/mol. The smallest absolute Gasteiger partial charge is 0.253 e. The van der Waals surface area contributed by atoms with Crippen LogP contribution in [0.4, 0.5) is 5.95 Å². The molecule has 2 aromatic rings. The molecule has 1 saturated heterocycles. The van der Waals surface area contributed by atoms with Crippen molar-refractivity contribution in [3.05, 3.63) is 53.3 Å². The number of hydrogen-bond donors (Lipinski definition) is 1. The molecule has 1 N–H and O–H groups in total. The minimum absolute atomic E-state index is 0.119. The van der Waals surface area contributed by atoms with Gasteiger partial charge in [-0.3, -0.25) is 4.79 Å². The van der Waals surface area contributed by atoms with Crippen molar-refractivity contribution in [2.75, 3.05) is 31.1 Å². The van der Waals surface area contributed by atoms with Gasteiger partial charge in [-0.2, -0.15) is 0 Å². The van der Waals surface area contributed by atoms with E-state index >= 15 is 0 Å². The number of piperazine rings is 1. The molecule has 0 unspecified atom stereocenters. The van der Waals surface area contributed by atoms with Gasteiger partial charge in [-0.1, -0.05) is 6.07 Å². The summed E-state index contributed by atoms with van der Waals surface area (Å²) in [6, 6.07) is 7.85. The molecule has 0 bridgehead atoms. The molecule has 0 atom stereocenters. The molecule has 6 heteroatoms. The summed E-state index contributed by atoms with van der Waals surface area (Å²) in [4.78, 5) is 25.3. The van der Waals surface area contributed by atoms with Gasteiger partial charge >= 0.3 is 0 Å². The normalized spacial score (nSPS) is 17.2. The number of aromatic nitrogens is 2. The third-order valence-corrected chi connectivity index (χ3v) is 4.49. The van der Waals surface area contributed by atoms with Crippen molar-refractivity contribution >= 4 is 11.9 Å². The summed E-state index contributed by atoms with van der Waals surface area (Å²) in [5.74, 6) is 0.858. The van der Waals surface area contributed by atoms with Gasteiger partial charge in [-0.15, -0.1) is 0 Å². The highest BCUT2D eigenvalue weighted by atomic mass is 16.2. The lowest BCUT2D eigenvalue weighted by Gasteiger charge is -2.34. The van der Waals surface area contributed by atoms with E-state index in [0.717, 1.165) is 37.7 Å². The van der Waals surface area contributed by atoms with Crippen molar-refractivity contribution in [1.82, 2.24) is 20.2 Å².